The van der Waals surface area contributed by atoms with Crippen molar-refractivity contribution in [1.29, 1.82) is 0 Å². The van der Waals surface area contributed by atoms with Crippen molar-refractivity contribution in [2.24, 2.45) is 5.10 Å². The van der Waals surface area contributed by atoms with E-state index in [9.17, 15) is 4.79 Å². The Morgan fingerprint density at radius 1 is 1.03 bits per heavy atom. The van der Waals surface area contributed by atoms with Crippen LogP contribution in [0.1, 0.15) is 42.3 Å². The van der Waals surface area contributed by atoms with Crippen LogP contribution >= 0.6 is 0 Å². The first-order valence-electron chi connectivity index (χ1n) is 10.0. The number of carbonyl (C=O) groups excluding carboxylic acids is 1. The van der Waals surface area contributed by atoms with Gasteiger partial charge in [-0.2, -0.15) is 10.2 Å². The van der Waals surface area contributed by atoms with E-state index in [1.165, 1.54) is 5.56 Å². The maximum Gasteiger partial charge on any atom is 0.271 e. The summed E-state index contributed by atoms with van der Waals surface area (Å²) in [5.74, 6) is 0.354. The van der Waals surface area contributed by atoms with Crippen LogP contribution in [0.5, 0.6) is 0 Å². The first-order valence-corrected chi connectivity index (χ1v) is 10.0. The first-order chi connectivity index (χ1) is 14.9. The maximum absolute atomic E-state index is 12.5. The van der Waals surface area contributed by atoms with Crippen LogP contribution in [0, 0.1) is 0 Å². The van der Waals surface area contributed by atoms with Crippen molar-refractivity contribution in [3.63, 3.8) is 0 Å². The molecular formula is C25H24N4O2. The van der Waals surface area contributed by atoms with Gasteiger partial charge in [0.25, 0.3) is 5.91 Å². The predicted octanol–water partition coefficient (Wildman–Crippen LogP) is 5.19. The Kier molecular flexibility index (Phi) is 5.54. The standard InChI is InChI=1S/C25H24N4O2/c1-25(2,3)20-13-11-18(12-14-20)24(30)27-26-16-19-17-29(21-8-5-4-6-9-21)28-23(19)22-10-7-15-31-22/h4-17H,1-3H3,(H,27,30)/b26-16-. The van der Waals surface area contributed by atoms with Crippen molar-refractivity contribution in [3.05, 3.63) is 95.9 Å². The monoisotopic (exact) mass is 412 g/mol. The van der Waals surface area contributed by atoms with Gasteiger partial charge in [0.05, 0.1) is 18.2 Å². The molecule has 0 saturated carbocycles. The summed E-state index contributed by atoms with van der Waals surface area (Å²) in [6.45, 7) is 6.41. The van der Waals surface area contributed by atoms with Gasteiger partial charge in [-0.3, -0.25) is 4.79 Å². The molecule has 0 spiro atoms. The number of furan rings is 1. The lowest BCUT2D eigenvalue weighted by molar-refractivity contribution is 0.0955. The smallest absolute Gasteiger partial charge is 0.271 e. The second kappa shape index (κ2) is 8.44. The normalized spacial score (nSPS) is 11.7. The number of nitrogens with zero attached hydrogens (tertiary/aromatic N) is 3. The van der Waals surface area contributed by atoms with Crippen molar-refractivity contribution in [2.45, 2.75) is 26.2 Å². The van der Waals surface area contributed by atoms with Gasteiger partial charge in [0.15, 0.2) is 5.76 Å². The van der Waals surface area contributed by atoms with Gasteiger partial charge in [-0.1, -0.05) is 51.1 Å². The summed E-state index contributed by atoms with van der Waals surface area (Å²) < 4.78 is 7.28. The van der Waals surface area contributed by atoms with Crippen LogP contribution in [0.2, 0.25) is 0 Å². The van der Waals surface area contributed by atoms with Crippen molar-refractivity contribution in [1.82, 2.24) is 15.2 Å². The van der Waals surface area contributed by atoms with E-state index in [1.54, 1.807) is 23.2 Å². The zero-order valence-electron chi connectivity index (χ0n) is 17.7. The number of benzene rings is 2. The zero-order chi connectivity index (χ0) is 21.8. The second-order valence-electron chi connectivity index (χ2n) is 8.22. The van der Waals surface area contributed by atoms with Crippen molar-refractivity contribution in [2.75, 3.05) is 0 Å². The molecule has 4 aromatic rings. The predicted molar refractivity (Wildman–Crippen MR) is 121 cm³/mol. The molecule has 0 aliphatic heterocycles. The molecule has 4 rings (SSSR count). The first kappa shape index (κ1) is 20.3. The lowest BCUT2D eigenvalue weighted by Crippen LogP contribution is -2.18. The van der Waals surface area contributed by atoms with Gasteiger partial charge < -0.3 is 4.42 Å². The van der Waals surface area contributed by atoms with E-state index in [1.807, 2.05) is 66.9 Å². The van der Waals surface area contributed by atoms with Gasteiger partial charge in [-0.05, 0) is 47.4 Å². The number of amides is 1. The molecule has 2 heterocycles. The van der Waals surface area contributed by atoms with Crippen LogP contribution < -0.4 is 5.43 Å². The highest BCUT2D eigenvalue weighted by molar-refractivity contribution is 5.95. The summed E-state index contributed by atoms with van der Waals surface area (Å²) in [6, 6.07) is 21.0. The van der Waals surface area contributed by atoms with E-state index in [4.69, 9.17) is 4.42 Å². The molecule has 0 aliphatic carbocycles. The third-order valence-electron chi connectivity index (χ3n) is 4.90. The van der Waals surface area contributed by atoms with Crippen molar-refractivity contribution < 1.29 is 9.21 Å². The molecule has 156 valence electrons. The Bertz CT molecular complexity index is 1180. The van der Waals surface area contributed by atoms with Crippen LogP contribution in [-0.4, -0.2) is 21.9 Å². The van der Waals surface area contributed by atoms with Crippen LogP contribution in [0.25, 0.3) is 17.1 Å². The highest BCUT2D eigenvalue weighted by Crippen LogP contribution is 2.23. The number of para-hydroxylation sites is 1. The highest BCUT2D eigenvalue weighted by Gasteiger charge is 2.15. The third-order valence-corrected chi connectivity index (χ3v) is 4.90. The Morgan fingerprint density at radius 2 is 1.77 bits per heavy atom. The fourth-order valence-corrected chi connectivity index (χ4v) is 3.15. The molecule has 1 amide bonds. The molecule has 6 nitrogen and oxygen atoms in total. The lowest BCUT2D eigenvalue weighted by Gasteiger charge is -2.18. The number of hydrazone groups is 1. The topological polar surface area (TPSA) is 72.4 Å². The van der Waals surface area contributed by atoms with Crippen LogP contribution in [0.15, 0.2) is 88.7 Å². The zero-order valence-corrected chi connectivity index (χ0v) is 17.7. The Labute approximate surface area is 181 Å². The molecular weight excluding hydrogens is 388 g/mol. The molecule has 0 fully saturated rings. The minimum Gasteiger partial charge on any atom is -0.463 e. The van der Waals surface area contributed by atoms with Crippen LogP contribution in [-0.2, 0) is 5.41 Å². The van der Waals surface area contributed by atoms with Gasteiger partial charge in [0, 0.05) is 17.3 Å². The molecule has 0 saturated heterocycles. The number of hydrogen-bond acceptors (Lipinski definition) is 4. The molecule has 0 bridgehead atoms. The molecule has 2 aromatic heterocycles. The minimum absolute atomic E-state index is 0.0360. The quantitative estimate of drug-likeness (QED) is 0.362. The second-order valence-corrected chi connectivity index (χ2v) is 8.22. The van der Waals surface area contributed by atoms with E-state index in [-0.39, 0.29) is 11.3 Å². The highest BCUT2D eigenvalue weighted by atomic mass is 16.3. The number of nitrogens with one attached hydrogen (secondary N) is 1. The molecule has 0 radical (unpaired) electrons. The average molecular weight is 412 g/mol. The molecule has 6 heteroatoms. The molecule has 1 N–H and O–H groups in total. The lowest BCUT2D eigenvalue weighted by atomic mass is 9.87. The van der Waals surface area contributed by atoms with E-state index >= 15 is 0 Å². The third kappa shape index (κ3) is 4.64. The van der Waals surface area contributed by atoms with Gasteiger partial charge in [-0.15, -0.1) is 0 Å². The van der Waals surface area contributed by atoms with E-state index in [2.05, 4.69) is 36.4 Å². The molecule has 2 aromatic carbocycles. The minimum atomic E-state index is -0.272. The number of aromatic nitrogens is 2. The van der Waals surface area contributed by atoms with Gasteiger partial charge in [0.1, 0.15) is 5.69 Å². The summed E-state index contributed by atoms with van der Waals surface area (Å²) in [7, 11) is 0. The van der Waals surface area contributed by atoms with E-state index in [0.717, 1.165) is 11.3 Å². The maximum atomic E-state index is 12.5. The van der Waals surface area contributed by atoms with Gasteiger partial charge in [-0.25, -0.2) is 10.1 Å². The largest absolute Gasteiger partial charge is 0.463 e. The summed E-state index contributed by atoms with van der Waals surface area (Å²) in [5, 5.41) is 8.78. The molecule has 31 heavy (non-hydrogen) atoms. The Morgan fingerprint density at radius 3 is 2.42 bits per heavy atom. The Hall–Kier alpha value is -3.93. The Balaban J connectivity index is 1.54. The average Bonchev–Trinajstić information content (AvgIpc) is 3.44. The fourth-order valence-electron chi connectivity index (χ4n) is 3.15. The summed E-state index contributed by atoms with van der Waals surface area (Å²) in [6.07, 6.45) is 5.02. The number of hydrogen-bond donors (Lipinski definition) is 1. The van der Waals surface area contributed by atoms with Gasteiger partial charge in [0.2, 0.25) is 0 Å². The van der Waals surface area contributed by atoms with Crippen LogP contribution in [0.3, 0.4) is 0 Å². The summed E-state index contributed by atoms with van der Waals surface area (Å²) in [5.41, 5.74) is 6.63. The van der Waals surface area contributed by atoms with Crippen molar-refractivity contribution in [3.8, 4) is 17.1 Å². The van der Waals surface area contributed by atoms with E-state index in [0.29, 0.717) is 17.0 Å². The fraction of sp³-hybridized carbons (Fsp3) is 0.160. The van der Waals surface area contributed by atoms with Gasteiger partial charge >= 0.3 is 0 Å². The molecule has 0 unspecified atom stereocenters. The van der Waals surface area contributed by atoms with Crippen LogP contribution in [0.4, 0.5) is 0 Å². The summed E-state index contributed by atoms with van der Waals surface area (Å²) >= 11 is 0. The molecule has 0 atom stereocenters. The summed E-state index contributed by atoms with van der Waals surface area (Å²) in [4.78, 5) is 12.5. The number of rotatable bonds is 5. The molecule has 0 aliphatic rings. The number of carbonyl (C=O) groups is 1. The van der Waals surface area contributed by atoms with Crippen molar-refractivity contribution >= 4 is 12.1 Å². The SMILES string of the molecule is CC(C)(C)c1ccc(C(=O)N/N=C\c2cn(-c3ccccc3)nc2-c2ccco2)cc1. The van der Waals surface area contributed by atoms with E-state index < -0.39 is 0 Å².